The topological polar surface area (TPSA) is 36.4 Å². The van der Waals surface area contributed by atoms with Gasteiger partial charge in [-0.25, -0.2) is 8.78 Å². The van der Waals surface area contributed by atoms with Crippen molar-refractivity contribution in [2.75, 3.05) is 26.2 Å². The summed E-state index contributed by atoms with van der Waals surface area (Å²) in [6.45, 7) is 2.91. The van der Waals surface area contributed by atoms with Crippen molar-refractivity contribution in [1.82, 2.24) is 14.8 Å². The molecule has 0 aromatic carbocycles. The molecule has 1 amide bonds. The van der Waals surface area contributed by atoms with E-state index in [4.69, 9.17) is 0 Å². The SMILES string of the molecule is O=C(C1CCN(Cc2ccccn2)CC1)N1CCC(F)(F)CC1. The number of carbonyl (C=O) groups excluding carboxylic acids is 1. The average molecular weight is 323 g/mol. The lowest BCUT2D eigenvalue weighted by atomic mass is 9.94. The van der Waals surface area contributed by atoms with Gasteiger partial charge in [-0.1, -0.05) is 6.07 Å². The number of halogens is 2. The number of nitrogens with zero attached hydrogens (tertiary/aromatic N) is 3. The van der Waals surface area contributed by atoms with Gasteiger partial charge in [-0.15, -0.1) is 0 Å². The minimum Gasteiger partial charge on any atom is -0.342 e. The van der Waals surface area contributed by atoms with Crippen LogP contribution in [0.5, 0.6) is 0 Å². The monoisotopic (exact) mass is 323 g/mol. The van der Waals surface area contributed by atoms with Crippen LogP contribution in [-0.2, 0) is 11.3 Å². The fourth-order valence-electron chi connectivity index (χ4n) is 3.37. The third kappa shape index (κ3) is 4.25. The number of rotatable bonds is 3. The van der Waals surface area contributed by atoms with Crippen LogP contribution in [0.2, 0.25) is 0 Å². The molecule has 1 aromatic heterocycles. The number of carbonyl (C=O) groups is 1. The van der Waals surface area contributed by atoms with Gasteiger partial charge in [-0.05, 0) is 38.1 Å². The molecular weight excluding hydrogens is 300 g/mol. The Bertz CT molecular complexity index is 520. The third-order valence-electron chi connectivity index (χ3n) is 4.86. The van der Waals surface area contributed by atoms with Gasteiger partial charge in [0.2, 0.25) is 5.91 Å². The molecule has 2 aliphatic heterocycles. The lowest BCUT2D eigenvalue weighted by molar-refractivity contribution is -0.143. The second kappa shape index (κ2) is 6.91. The standard InChI is InChI=1S/C17H23F2N3O/c18-17(19)6-11-22(12-7-17)16(23)14-4-9-21(10-5-14)13-15-3-1-2-8-20-15/h1-3,8,14H,4-7,9-13H2. The van der Waals surface area contributed by atoms with E-state index in [1.165, 1.54) is 0 Å². The molecule has 2 fully saturated rings. The summed E-state index contributed by atoms with van der Waals surface area (Å²) >= 11 is 0. The molecule has 0 unspecified atom stereocenters. The molecule has 3 rings (SSSR count). The third-order valence-corrected chi connectivity index (χ3v) is 4.86. The van der Waals surface area contributed by atoms with Crippen molar-refractivity contribution >= 4 is 5.91 Å². The van der Waals surface area contributed by atoms with E-state index in [2.05, 4.69) is 9.88 Å². The summed E-state index contributed by atoms with van der Waals surface area (Å²) in [5, 5.41) is 0. The number of likely N-dealkylation sites (tertiary alicyclic amines) is 2. The van der Waals surface area contributed by atoms with Crippen LogP contribution in [0.3, 0.4) is 0 Å². The van der Waals surface area contributed by atoms with Gasteiger partial charge in [0.1, 0.15) is 0 Å². The molecular formula is C17H23F2N3O. The Morgan fingerprint density at radius 1 is 1.17 bits per heavy atom. The van der Waals surface area contributed by atoms with Crippen LogP contribution < -0.4 is 0 Å². The highest BCUT2D eigenvalue weighted by molar-refractivity contribution is 5.79. The largest absolute Gasteiger partial charge is 0.342 e. The summed E-state index contributed by atoms with van der Waals surface area (Å²) in [4.78, 5) is 20.7. The van der Waals surface area contributed by atoms with Crippen LogP contribution in [0.4, 0.5) is 8.78 Å². The van der Waals surface area contributed by atoms with Gasteiger partial charge in [0.05, 0.1) is 5.69 Å². The summed E-state index contributed by atoms with van der Waals surface area (Å²) in [6, 6.07) is 5.88. The first kappa shape index (κ1) is 16.3. The minimum atomic E-state index is -2.59. The van der Waals surface area contributed by atoms with E-state index in [1.54, 1.807) is 11.1 Å². The molecule has 2 saturated heterocycles. The van der Waals surface area contributed by atoms with Crippen LogP contribution in [-0.4, -0.2) is 52.8 Å². The lowest BCUT2D eigenvalue weighted by Crippen LogP contribution is -2.47. The quantitative estimate of drug-likeness (QED) is 0.858. The smallest absolute Gasteiger partial charge is 0.251 e. The van der Waals surface area contributed by atoms with Crippen LogP contribution in [0.25, 0.3) is 0 Å². The summed E-state index contributed by atoms with van der Waals surface area (Å²) in [6.07, 6.45) is 3.00. The van der Waals surface area contributed by atoms with Crippen molar-refractivity contribution < 1.29 is 13.6 Å². The molecule has 0 saturated carbocycles. The van der Waals surface area contributed by atoms with E-state index >= 15 is 0 Å². The predicted octanol–water partition coefficient (Wildman–Crippen LogP) is 2.55. The van der Waals surface area contributed by atoms with Crippen molar-refractivity contribution in [2.24, 2.45) is 5.92 Å². The number of pyridine rings is 1. The Morgan fingerprint density at radius 2 is 1.87 bits per heavy atom. The molecule has 0 atom stereocenters. The molecule has 2 aliphatic rings. The first-order valence-corrected chi connectivity index (χ1v) is 8.32. The maximum absolute atomic E-state index is 13.2. The van der Waals surface area contributed by atoms with E-state index in [-0.39, 0.29) is 37.8 Å². The number of amides is 1. The van der Waals surface area contributed by atoms with Crippen molar-refractivity contribution in [1.29, 1.82) is 0 Å². The zero-order chi connectivity index (χ0) is 16.3. The van der Waals surface area contributed by atoms with E-state index in [0.717, 1.165) is 38.2 Å². The highest BCUT2D eigenvalue weighted by Crippen LogP contribution is 2.29. The summed E-state index contributed by atoms with van der Waals surface area (Å²) < 4.78 is 26.4. The average Bonchev–Trinajstić information content (AvgIpc) is 2.56. The zero-order valence-corrected chi connectivity index (χ0v) is 13.3. The lowest BCUT2D eigenvalue weighted by Gasteiger charge is -2.37. The Hall–Kier alpha value is -1.56. The van der Waals surface area contributed by atoms with Gasteiger partial charge in [-0.3, -0.25) is 14.7 Å². The van der Waals surface area contributed by atoms with E-state index in [1.807, 2.05) is 18.2 Å². The Labute approximate surface area is 135 Å². The molecule has 0 spiro atoms. The first-order chi connectivity index (χ1) is 11.0. The number of piperidine rings is 2. The van der Waals surface area contributed by atoms with Gasteiger partial charge >= 0.3 is 0 Å². The number of hydrogen-bond acceptors (Lipinski definition) is 3. The minimum absolute atomic E-state index is 0.0123. The fourth-order valence-corrected chi connectivity index (χ4v) is 3.37. The summed E-state index contributed by atoms with van der Waals surface area (Å²) in [5.74, 6) is -2.54. The van der Waals surface area contributed by atoms with Gasteiger partial charge in [-0.2, -0.15) is 0 Å². The maximum Gasteiger partial charge on any atom is 0.251 e. The van der Waals surface area contributed by atoms with Crippen LogP contribution >= 0.6 is 0 Å². The van der Waals surface area contributed by atoms with Gasteiger partial charge in [0, 0.05) is 44.6 Å². The Kier molecular flexibility index (Phi) is 4.90. The molecule has 3 heterocycles. The molecule has 0 bridgehead atoms. The Morgan fingerprint density at radius 3 is 2.48 bits per heavy atom. The van der Waals surface area contributed by atoms with Crippen molar-refractivity contribution in [2.45, 2.75) is 38.2 Å². The molecule has 1 aromatic rings. The highest BCUT2D eigenvalue weighted by atomic mass is 19.3. The van der Waals surface area contributed by atoms with Crippen molar-refractivity contribution in [3.05, 3.63) is 30.1 Å². The van der Waals surface area contributed by atoms with Crippen LogP contribution in [0.15, 0.2) is 24.4 Å². The maximum atomic E-state index is 13.2. The molecule has 126 valence electrons. The van der Waals surface area contributed by atoms with Crippen molar-refractivity contribution in [3.63, 3.8) is 0 Å². The molecule has 0 radical (unpaired) electrons. The van der Waals surface area contributed by atoms with Crippen molar-refractivity contribution in [3.8, 4) is 0 Å². The Balaban J connectivity index is 1.46. The molecule has 0 N–H and O–H groups in total. The van der Waals surface area contributed by atoms with Gasteiger partial charge < -0.3 is 4.90 Å². The second-order valence-electron chi connectivity index (χ2n) is 6.55. The zero-order valence-electron chi connectivity index (χ0n) is 13.3. The number of alkyl halides is 2. The van der Waals surface area contributed by atoms with Gasteiger partial charge in [0.15, 0.2) is 0 Å². The van der Waals surface area contributed by atoms with Gasteiger partial charge in [0.25, 0.3) is 5.92 Å². The van der Waals surface area contributed by atoms with E-state index in [9.17, 15) is 13.6 Å². The van der Waals surface area contributed by atoms with E-state index in [0.29, 0.717) is 0 Å². The first-order valence-electron chi connectivity index (χ1n) is 8.32. The second-order valence-corrected chi connectivity index (χ2v) is 6.55. The fraction of sp³-hybridized carbons (Fsp3) is 0.647. The highest BCUT2D eigenvalue weighted by Gasteiger charge is 2.37. The summed E-state index contributed by atoms with van der Waals surface area (Å²) in [5.41, 5.74) is 1.04. The van der Waals surface area contributed by atoms with Crippen LogP contribution in [0, 0.1) is 5.92 Å². The normalized spacial score (nSPS) is 23.0. The van der Waals surface area contributed by atoms with E-state index < -0.39 is 5.92 Å². The summed E-state index contributed by atoms with van der Waals surface area (Å²) in [7, 11) is 0. The number of aromatic nitrogens is 1. The molecule has 6 heteroatoms. The van der Waals surface area contributed by atoms with Crippen LogP contribution in [0.1, 0.15) is 31.4 Å². The molecule has 23 heavy (non-hydrogen) atoms. The molecule has 4 nitrogen and oxygen atoms in total. The molecule has 0 aliphatic carbocycles. The predicted molar refractivity (Wildman–Crippen MR) is 83.0 cm³/mol. The number of hydrogen-bond donors (Lipinski definition) is 0.